The molecule has 0 aliphatic heterocycles. The maximum atomic E-state index is 4.25. The summed E-state index contributed by atoms with van der Waals surface area (Å²) in [6.07, 6.45) is 9.22. The lowest BCUT2D eigenvalue weighted by atomic mass is 9.76. The monoisotopic (exact) mass is 354 g/mol. The fourth-order valence-corrected chi connectivity index (χ4v) is 10.3. The van der Waals surface area contributed by atoms with Crippen LogP contribution in [-0.2, 0) is 4.74 Å². The number of methoxy groups -OCH3 is 1. The van der Waals surface area contributed by atoms with Crippen molar-refractivity contribution in [3.05, 3.63) is 0 Å². The second-order valence-corrected chi connectivity index (χ2v) is 12.4. The Labute approximate surface area is 155 Å². The largest absolute Gasteiger partial charge is 0.388 e. The third kappa shape index (κ3) is 6.82. The minimum atomic E-state index is 0.0757. The van der Waals surface area contributed by atoms with E-state index in [9.17, 15) is 0 Å². The van der Waals surface area contributed by atoms with Crippen LogP contribution in [-0.4, -0.2) is 23.7 Å². The molecule has 2 heteroatoms. The summed E-state index contributed by atoms with van der Waals surface area (Å²) >= 11 is 0. The highest BCUT2D eigenvalue weighted by Crippen LogP contribution is 2.48. The molecule has 0 N–H and O–H groups in total. The van der Waals surface area contributed by atoms with E-state index in [1.807, 2.05) is 0 Å². The van der Waals surface area contributed by atoms with Crippen LogP contribution in [0.1, 0.15) is 80.1 Å². The normalized spacial score (nSPS) is 37.8. The highest BCUT2D eigenvalue weighted by atomic mass is 28.2. The van der Waals surface area contributed by atoms with Crippen LogP contribution in [0.3, 0.4) is 0 Å². The van der Waals surface area contributed by atoms with E-state index in [2.05, 4.69) is 46.3 Å². The van der Waals surface area contributed by atoms with Crippen LogP contribution in [0.15, 0.2) is 0 Å². The molecule has 2 rings (SSSR count). The maximum absolute atomic E-state index is 4.25. The second kappa shape index (κ2) is 11.0. The first-order valence-electron chi connectivity index (χ1n) is 10.7. The lowest BCUT2D eigenvalue weighted by Crippen LogP contribution is -2.34. The minimum Gasteiger partial charge on any atom is -0.388 e. The Balaban J connectivity index is 0.000000891. The van der Waals surface area contributed by atoms with Gasteiger partial charge in [-0.2, -0.15) is 0 Å². The van der Waals surface area contributed by atoms with Crippen LogP contribution in [0.5, 0.6) is 0 Å². The van der Waals surface area contributed by atoms with Crippen molar-refractivity contribution in [3.8, 4) is 0 Å². The average molecular weight is 355 g/mol. The maximum Gasteiger partial charge on any atom is 0.0351 e. The minimum absolute atomic E-state index is 0.0757. The standard InChI is InChI=1S/C20H40Si.C2H6O/c1-13(2)17-9-7-15(5)11-19(17)21-20-12-16(6)8-10-18(20)14(3)4;1-3-2/h13-20H,7-12,21H2,1-6H3;1-2H3. The lowest BCUT2D eigenvalue weighted by molar-refractivity contribution is 0.212. The van der Waals surface area contributed by atoms with E-state index in [-0.39, 0.29) is 9.52 Å². The molecule has 0 aromatic heterocycles. The molecule has 0 saturated heterocycles. The number of rotatable bonds is 4. The zero-order chi connectivity index (χ0) is 18.3. The Bertz CT molecular complexity index is 298. The molecular formula is C22H46OSi. The third-order valence-electron chi connectivity index (χ3n) is 6.92. The molecule has 2 saturated carbocycles. The summed E-state index contributed by atoms with van der Waals surface area (Å²) < 4.78 is 4.25. The molecule has 144 valence electrons. The van der Waals surface area contributed by atoms with Gasteiger partial charge in [0.25, 0.3) is 0 Å². The molecule has 2 fully saturated rings. The summed E-state index contributed by atoms with van der Waals surface area (Å²) in [5.41, 5.74) is 2.32. The van der Waals surface area contributed by atoms with Gasteiger partial charge in [-0.25, -0.2) is 0 Å². The highest BCUT2D eigenvalue weighted by molar-refractivity contribution is 6.40. The Kier molecular flexibility index (Phi) is 10.2. The first kappa shape index (κ1) is 22.2. The Morgan fingerprint density at radius 3 is 1.33 bits per heavy atom. The predicted molar refractivity (Wildman–Crippen MR) is 112 cm³/mol. The lowest BCUT2D eigenvalue weighted by Gasteiger charge is -2.43. The van der Waals surface area contributed by atoms with Crippen molar-refractivity contribution in [1.82, 2.24) is 0 Å². The van der Waals surface area contributed by atoms with E-state index in [1.165, 1.54) is 25.7 Å². The molecule has 1 nitrogen and oxygen atoms in total. The molecule has 2 aliphatic rings. The van der Waals surface area contributed by atoms with Gasteiger partial charge in [0.2, 0.25) is 0 Å². The average Bonchev–Trinajstić information content (AvgIpc) is 2.47. The van der Waals surface area contributed by atoms with Gasteiger partial charge in [0, 0.05) is 23.7 Å². The summed E-state index contributed by atoms with van der Waals surface area (Å²) in [5.74, 6) is 6.00. The molecule has 0 aromatic carbocycles. The summed E-state index contributed by atoms with van der Waals surface area (Å²) in [6.45, 7) is 15.0. The van der Waals surface area contributed by atoms with E-state index in [0.717, 1.165) is 46.6 Å². The predicted octanol–water partition coefficient (Wildman–Crippen LogP) is 6.18. The molecule has 0 radical (unpaired) electrons. The Morgan fingerprint density at radius 1 is 0.708 bits per heavy atom. The summed E-state index contributed by atoms with van der Waals surface area (Å²) in [7, 11) is 3.33. The van der Waals surface area contributed by atoms with E-state index in [1.54, 1.807) is 27.1 Å². The van der Waals surface area contributed by atoms with Crippen molar-refractivity contribution in [3.63, 3.8) is 0 Å². The smallest absolute Gasteiger partial charge is 0.0351 e. The fourth-order valence-electron chi connectivity index (χ4n) is 5.73. The Morgan fingerprint density at radius 2 is 1.04 bits per heavy atom. The van der Waals surface area contributed by atoms with Crippen molar-refractivity contribution >= 4 is 9.52 Å². The fraction of sp³-hybridized carbons (Fsp3) is 1.00. The highest BCUT2D eigenvalue weighted by Gasteiger charge is 2.37. The summed E-state index contributed by atoms with van der Waals surface area (Å²) in [4.78, 5) is 0. The van der Waals surface area contributed by atoms with Crippen molar-refractivity contribution < 1.29 is 4.74 Å². The second-order valence-electron chi connectivity index (χ2n) is 9.82. The van der Waals surface area contributed by atoms with Crippen LogP contribution in [0.2, 0.25) is 11.1 Å². The van der Waals surface area contributed by atoms with Gasteiger partial charge >= 0.3 is 0 Å². The Hall–Kier alpha value is 0.177. The molecule has 24 heavy (non-hydrogen) atoms. The molecule has 6 atom stereocenters. The van der Waals surface area contributed by atoms with Gasteiger partial charge in [0.1, 0.15) is 0 Å². The molecule has 0 bridgehead atoms. The van der Waals surface area contributed by atoms with Crippen LogP contribution in [0.4, 0.5) is 0 Å². The van der Waals surface area contributed by atoms with Crippen molar-refractivity contribution in [2.24, 2.45) is 35.5 Å². The van der Waals surface area contributed by atoms with E-state index in [0.29, 0.717) is 0 Å². The molecule has 0 heterocycles. The molecule has 6 unspecified atom stereocenters. The van der Waals surface area contributed by atoms with Gasteiger partial charge in [0.05, 0.1) is 0 Å². The van der Waals surface area contributed by atoms with Gasteiger partial charge in [-0.05, 0) is 59.4 Å². The van der Waals surface area contributed by atoms with Crippen LogP contribution < -0.4 is 0 Å². The molecular weight excluding hydrogens is 308 g/mol. The van der Waals surface area contributed by atoms with Crippen LogP contribution in [0.25, 0.3) is 0 Å². The summed E-state index contributed by atoms with van der Waals surface area (Å²) in [5, 5.41) is 0. The molecule has 0 amide bonds. The van der Waals surface area contributed by atoms with Gasteiger partial charge < -0.3 is 4.74 Å². The van der Waals surface area contributed by atoms with Gasteiger partial charge in [-0.3, -0.25) is 0 Å². The van der Waals surface area contributed by atoms with Crippen LogP contribution >= 0.6 is 0 Å². The van der Waals surface area contributed by atoms with Crippen LogP contribution in [0, 0.1) is 35.5 Å². The molecule has 2 aliphatic carbocycles. The quantitative estimate of drug-likeness (QED) is 0.548. The SMILES string of the molecule is CC1CCC(C(C)C)C([SiH2]C2CC(C)CCC2C(C)C)C1.COC. The van der Waals surface area contributed by atoms with Gasteiger partial charge in [-0.15, -0.1) is 0 Å². The number of hydrogen-bond donors (Lipinski definition) is 0. The third-order valence-corrected chi connectivity index (χ3v) is 10.0. The van der Waals surface area contributed by atoms with E-state index >= 15 is 0 Å². The van der Waals surface area contributed by atoms with Gasteiger partial charge in [-0.1, -0.05) is 67.2 Å². The number of ether oxygens (including phenoxy) is 1. The number of hydrogen-bond acceptors (Lipinski definition) is 1. The zero-order valence-electron chi connectivity index (χ0n) is 18.0. The van der Waals surface area contributed by atoms with E-state index < -0.39 is 0 Å². The van der Waals surface area contributed by atoms with Gasteiger partial charge in [0.15, 0.2) is 0 Å². The zero-order valence-corrected chi connectivity index (χ0v) is 19.4. The topological polar surface area (TPSA) is 9.23 Å². The first-order valence-corrected chi connectivity index (χ1v) is 12.3. The molecule has 0 aromatic rings. The van der Waals surface area contributed by atoms with Crippen molar-refractivity contribution in [1.29, 1.82) is 0 Å². The van der Waals surface area contributed by atoms with Crippen molar-refractivity contribution in [2.75, 3.05) is 14.2 Å². The summed E-state index contributed by atoms with van der Waals surface area (Å²) in [6, 6.07) is 0. The van der Waals surface area contributed by atoms with Crippen molar-refractivity contribution in [2.45, 2.75) is 91.1 Å². The first-order chi connectivity index (χ1) is 11.3. The molecule has 0 spiro atoms. The van der Waals surface area contributed by atoms with E-state index in [4.69, 9.17) is 0 Å².